The topological polar surface area (TPSA) is 43.6 Å². The number of methoxy groups -OCH3 is 1. The molecule has 4 nitrogen and oxygen atoms in total. The van der Waals surface area contributed by atoms with Gasteiger partial charge in [-0.3, -0.25) is 4.79 Å². The van der Waals surface area contributed by atoms with Crippen LogP contribution in [0.15, 0.2) is 77.6 Å². The number of fused-ring (bicyclic) bond motifs is 1. The highest BCUT2D eigenvalue weighted by atomic mass is 35.5. The van der Waals surface area contributed by atoms with Gasteiger partial charge >= 0.3 is 0 Å². The van der Waals surface area contributed by atoms with Crippen LogP contribution in [0.3, 0.4) is 0 Å². The van der Waals surface area contributed by atoms with Gasteiger partial charge in [-0.2, -0.15) is 0 Å². The number of nitrogens with zero attached hydrogens (tertiary/aromatic N) is 2. The summed E-state index contributed by atoms with van der Waals surface area (Å²) >= 11 is 13.8. The minimum Gasteiger partial charge on any atom is -0.495 e. The SMILES string of the molecule is COc1c(Cl)cc(Cl)cc1C=c1sc2nc(-c3ccccc3)c(-c3ccccc3)n2c1=O. The molecular weight excluding hydrogens is 463 g/mol. The summed E-state index contributed by atoms with van der Waals surface area (Å²) in [5.41, 5.74) is 3.89. The van der Waals surface area contributed by atoms with Crippen molar-refractivity contribution in [2.24, 2.45) is 0 Å². The second-order valence-electron chi connectivity index (χ2n) is 7.08. The van der Waals surface area contributed by atoms with Crippen LogP contribution in [0.2, 0.25) is 10.0 Å². The van der Waals surface area contributed by atoms with E-state index in [1.54, 1.807) is 22.6 Å². The average Bonchev–Trinajstić information content (AvgIpc) is 3.31. The maximum Gasteiger partial charge on any atom is 0.274 e. The van der Waals surface area contributed by atoms with Crippen molar-refractivity contribution in [2.45, 2.75) is 0 Å². The summed E-state index contributed by atoms with van der Waals surface area (Å²) in [6.07, 6.45) is 1.75. The molecule has 5 aromatic rings. The molecule has 2 aromatic heterocycles. The summed E-state index contributed by atoms with van der Waals surface area (Å²) in [5.74, 6) is 0.467. The highest BCUT2D eigenvalue weighted by molar-refractivity contribution is 7.15. The number of aromatic nitrogens is 2. The largest absolute Gasteiger partial charge is 0.495 e. The Hall–Kier alpha value is -3.12. The van der Waals surface area contributed by atoms with E-state index in [1.165, 1.54) is 18.4 Å². The second-order valence-corrected chi connectivity index (χ2v) is 8.94. The third-order valence-electron chi connectivity index (χ3n) is 5.08. The van der Waals surface area contributed by atoms with Crippen LogP contribution >= 0.6 is 34.5 Å². The molecule has 0 atom stereocenters. The van der Waals surface area contributed by atoms with Gasteiger partial charge in [0.05, 0.1) is 28.1 Å². The molecule has 0 saturated carbocycles. The van der Waals surface area contributed by atoms with Crippen LogP contribution in [-0.4, -0.2) is 16.5 Å². The lowest BCUT2D eigenvalue weighted by Crippen LogP contribution is -2.23. The number of benzene rings is 3. The normalized spacial score (nSPS) is 11.9. The van der Waals surface area contributed by atoms with Crippen molar-refractivity contribution in [3.8, 4) is 28.3 Å². The first kappa shape index (κ1) is 20.8. The van der Waals surface area contributed by atoms with Crippen molar-refractivity contribution in [2.75, 3.05) is 7.11 Å². The van der Waals surface area contributed by atoms with Crippen LogP contribution in [0.1, 0.15) is 5.56 Å². The van der Waals surface area contributed by atoms with E-state index in [0.717, 1.165) is 22.5 Å². The number of rotatable bonds is 4. The molecule has 3 aromatic carbocycles. The second kappa shape index (κ2) is 8.43. The molecule has 0 aliphatic rings. The summed E-state index contributed by atoms with van der Waals surface area (Å²) in [6, 6.07) is 23.0. The molecule has 0 bridgehead atoms. The smallest absolute Gasteiger partial charge is 0.274 e. The lowest BCUT2D eigenvalue weighted by atomic mass is 10.1. The predicted molar refractivity (Wildman–Crippen MR) is 132 cm³/mol. The summed E-state index contributed by atoms with van der Waals surface area (Å²) in [6.45, 7) is 0. The zero-order chi connectivity index (χ0) is 22.2. The maximum absolute atomic E-state index is 13.5. The van der Waals surface area contributed by atoms with Crippen LogP contribution in [0.25, 0.3) is 33.6 Å². The molecule has 0 amide bonds. The molecule has 2 heterocycles. The minimum absolute atomic E-state index is 0.156. The van der Waals surface area contributed by atoms with Gasteiger partial charge in [-0.25, -0.2) is 9.38 Å². The van der Waals surface area contributed by atoms with Gasteiger partial charge in [0, 0.05) is 21.7 Å². The molecule has 32 heavy (non-hydrogen) atoms. The van der Waals surface area contributed by atoms with Crippen molar-refractivity contribution >= 4 is 45.6 Å². The monoisotopic (exact) mass is 478 g/mol. The molecule has 0 radical (unpaired) electrons. The van der Waals surface area contributed by atoms with Gasteiger partial charge in [-0.1, -0.05) is 95.2 Å². The summed E-state index contributed by atoms with van der Waals surface area (Å²) in [5, 5.41) is 0.851. The number of imidazole rings is 1. The summed E-state index contributed by atoms with van der Waals surface area (Å²) < 4.78 is 7.62. The van der Waals surface area contributed by atoms with Crippen molar-refractivity contribution < 1.29 is 4.74 Å². The fraction of sp³-hybridized carbons (Fsp3) is 0.0400. The van der Waals surface area contributed by atoms with E-state index in [0.29, 0.717) is 30.9 Å². The number of thiazole rings is 1. The maximum atomic E-state index is 13.5. The van der Waals surface area contributed by atoms with Crippen molar-refractivity contribution in [3.63, 3.8) is 0 Å². The van der Waals surface area contributed by atoms with Gasteiger partial charge in [0.25, 0.3) is 5.56 Å². The molecule has 0 saturated heterocycles. The first-order chi connectivity index (χ1) is 15.6. The Morgan fingerprint density at radius 3 is 2.28 bits per heavy atom. The van der Waals surface area contributed by atoms with Crippen molar-refractivity contribution in [1.82, 2.24) is 9.38 Å². The van der Waals surface area contributed by atoms with Crippen LogP contribution < -0.4 is 14.8 Å². The third-order valence-corrected chi connectivity index (χ3v) is 6.55. The van der Waals surface area contributed by atoms with Crippen molar-refractivity contribution in [1.29, 1.82) is 0 Å². The molecule has 0 unspecified atom stereocenters. The molecule has 158 valence electrons. The molecule has 0 fully saturated rings. The van der Waals surface area contributed by atoms with E-state index in [-0.39, 0.29) is 5.56 Å². The Balaban J connectivity index is 1.81. The Bertz CT molecular complexity index is 1540. The Labute approximate surface area is 198 Å². The number of hydrogen-bond donors (Lipinski definition) is 0. The van der Waals surface area contributed by atoms with Gasteiger partial charge in [0.15, 0.2) is 4.96 Å². The van der Waals surface area contributed by atoms with Gasteiger partial charge in [-0.15, -0.1) is 0 Å². The number of hydrogen-bond acceptors (Lipinski definition) is 4. The molecular formula is C25H16Cl2N2O2S. The molecule has 0 aliphatic carbocycles. The van der Waals surface area contributed by atoms with E-state index in [9.17, 15) is 4.79 Å². The fourth-order valence-electron chi connectivity index (χ4n) is 3.70. The number of halogens is 2. The predicted octanol–water partition coefficient (Wildman–Crippen LogP) is 5.95. The molecule has 5 rings (SSSR count). The zero-order valence-corrected chi connectivity index (χ0v) is 19.2. The lowest BCUT2D eigenvalue weighted by Gasteiger charge is -2.07. The molecule has 0 N–H and O–H groups in total. The fourth-order valence-corrected chi connectivity index (χ4v) is 5.25. The third kappa shape index (κ3) is 3.58. The van der Waals surface area contributed by atoms with Gasteiger partial charge in [-0.05, 0) is 18.2 Å². The Morgan fingerprint density at radius 2 is 1.62 bits per heavy atom. The van der Waals surface area contributed by atoms with Crippen LogP contribution in [0.4, 0.5) is 0 Å². The summed E-state index contributed by atoms with van der Waals surface area (Å²) in [4.78, 5) is 19.0. The zero-order valence-electron chi connectivity index (χ0n) is 16.9. The Kier molecular flexibility index (Phi) is 5.47. The lowest BCUT2D eigenvalue weighted by molar-refractivity contribution is 0.414. The van der Waals surface area contributed by atoms with Crippen molar-refractivity contribution in [3.05, 3.63) is 103 Å². The first-order valence-corrected chi connectivity index (χ1v) is 11.3. The van der Waals surface area contributed by atoms with E-state index in [2.05, 4.69) is 0 Å². The van der Waals surface area contributed by atoms with Gasteiger partial charge < -0.3 is 4.74 Å². The molecule has 0 spiro atoms. The van der Waals surface area contributed by atoms with Gasteiger partial charge in [0.2, 0.25) is 0 Å². The number of ether oxygens (including phenoxy) is 1. The minimum atomic E-state index is -0.156. The highest BCUT2D eigenvalue weighted by Crippen LogP contribution is 2.34. The van der Waals surface area contributed by atoms with Crippen LogP contribution in [0.5, 0.6) is 5.75 Å². The van der Waals surface area contributed by atoms with E-state index in [4.69, 9.17) is 32.9 Å². The summed E-state index contributed by atoms with van der Waals surface area (Å²) in [7, 11) is 1.53. The van der Waals surface area contributed by atoms with Crippen LogP contribution in [0, 0.1) is 0 Å². The first-order valence-electron chi connectivity index (χ1n) is 9.77. The quantitative estimate of drug-likeness (QED) is 0.320. The molecule has 0 aliphatic heterocycles. The molecule has 7 heteroatoms. The van der Waals surface area contributed by atoms with E-state index < -0.39 is 0 Å². The Morgan fingerprint density at radius 1 is 0.969 bits per heavy atom. The van der Waals surface area contributed by atoms with E-state index >= 15 is 0 Å². The van der Waals surface area contributed by atoms with Gasteiger partial charge in [0.1, 0.15) is 5.75 Å². The highest BCUT2D eigenvalue weighted by Gasteiger charge is 2.20. The average molecular weight is 479 g/mol. The standard InChI is InChI=1S/C25H16Cl2N2O2S/c1-31-23-17(12-18(26)14-19(23)27)13-20-24(30)29-22(16-10-6-3-7-11-16)21(28-25(29)32-20)15-8-4-2-5-9-15/h2-14H,1H3. The van der Waals surface area contributed by atoms with E-state index in [1.807, 2.05) is 60.7 Å². The van der Waals surface area contributed by atoms with Crippen LogP contribution in [-0.2, 0) is 0 Å².